The van der Waals surface area contributed by atoms with E-state index in [4.69, 9.17) is 66.3 Å². The smallest absolute Gasteiger partial charge is 0.315 e. The van der Waals surface area contributed by atoms with Gasteiger partial charge in [0.2, 0.25) is 6.29 Å². The lowest BCUT2D eigenvalue weighted by Gasteiger charge is -2.72. The van der Waals surface area contributed by atoms with E-state index in [1.54, 1.807) is 0 Å². The molecule has 0 bridgehead atoms. The molecule has 0 unspecified atom stereocenters. The summed E-state index contributed by atoms with van der Waals surface area (Å²) in [5, 5.41) is 242. The van der Waals surface area contributed by atoms with E-state index < -0.39 is 307 Å². The van der Waals surface area contributed by atoms with Gasteiger partial charge in [-0.1, -0.05) is 46.3 Å². The molecule has 37 heteroatoms. The maximum absolute atomic E-state index is 15.6. The molecule has 12 aliphatic rings. The van der Waals surface area contributed by atoms with E-state index in [9.17, 15) is 112 Å². The molecule has 11 fully saturated rings. The summed E-state index contributed by atoms with van der Waals surface area (Å²) >= 11 is 0. The van der Waals surface area contributed by atoms with Gasteiger partial charge in [-0.2, -0.15) is 0 Å². The zero-order chi connectivity index (χ0) is 77.2. The van der Waals surface area contributed by atoms with E-state index in [2.05, 4.69) is 33.8 Å². The molecule has 0 aromatic rings. The number of hydrogen-bond acceptors (Lipinski definition) is 37. The fraction of sp³-hybridized carbons (Fsp3) is 0.957. The SMILES string of the molecule is C[C@@H]1O[C@@H](O[C@H]2[C@H](OC(=O)[C@]34CCC(C)(C)C[C@H]3C3=CC[C@@H]5[C@@]6(C)C[C@H](O)[C@H](O[C@@H]7O[C@H](CO[C@@H]8O[C@H](CO[C@@H]9O[C@H](CO)[C@@H](O)[C@H](O)[C@H]9O)[C@@H](O)[C@H](O)[C@H]8O)[C@@H](O)[C@H](O)[C@H]7O)C(CO)(CO)[C@@H]6CC[C@@]5(C)[C@]3(C)CC4)OC[C@H](O)[C@@H]2O)[C@H](O)[C@H](O)[C@H]1O[C@@H]1OC[C@@H](O)[C@H](O[C@@H]2OC[C@](O)(CO)[C@H]2O)[C@H]1O. The lowest BCUT2D eigenvalue weighted by Crippen LogP contribution is -2.71. The Bertz CT molecular complexity index is 3010. The van der Waals surface area contributed by atoms with Crippen molar-refractivity contribution >= 4 is 5.97 Å². The minimum Gasteiger partial charge on any atom is -0.432 e. The molecule has 7 saturated heterocycles. The number of aliphatic hydroxyl groups is 22. The fourth-order valence-electron chi connectivity index (χ4n) is 20.1. The molecule has 0 amide bonds. The van der Waals surface area contributed by atoms with E-state index in [1.807, 2.05) is 6.92 Å². The average Bonchev–Trinajstić information content (AvgIpc) is 0.712. The molecule has 610 valence electrons. The molecule has 106 heavy (non-hydrogen) atoms. The highest BCUT2D eigenvalue weighted by atomic mass is 16.8. The first kappa shape index (κ1) is 83.2. The van der Waals surface area contributed by atoms with Crippen LogP contribution in [0.2, 0.25) is 0 Å². The third-order valence-corrected chi connectivity index (χ3v) is 26.8. The average molecular weight is 1530 g/mol. The van der Waals surface area contributed by atoms with Crippen molar-refractivity contribution in [2.45, 2.75) is 302 Å². The summed E-state index contributed by atoms with van der Waals surface area (Å²) in [5.74, 6) is -1.92. The molecule has 22 N–H and O–H groups in total. The van der Waals surface area contributed by atoms with Gasteiger partial charge < -0.3 is 179 Å². The van der Waals surface area contributed by atoms with Crippen LogP contribution in [0.4, 0.5) is 0 Å². The molecule has 7 aliphatic heterocycles. The second kappa shape index (κ2) is 31.5. The summed E-state index contributed by atoms with van der Waals surface area (Å²) in [4.78, 5) is 15.6. The molecule has 40 atom stereocenters. The predicted molar refractivity (Wildman–Crippen MR) is 346 cm³/mol. The second-order valence-corrected chi connectivity index (χ2v) is 33.4. The molecular weight excluding hydrogens is 1420 g/mol. The highest BCUT2D eigenvalue weighted by Crippen LogP contribution is 2.76. The first-order valence-electron chi connectivity index (χ1n) is 36.8. The van der Waals surface area contributed by atoms with Crippen molar-refractivity contribution in [3.8, 4) is 0 Å². The van der Waals surface area contributed by atoms with Crippen molar-refractivity contribution in [3.05, 3.63) is 11.6 Å². The van der Waals surface area contributed by atoms with Crippen LogP contribution in [0.1, 0.15) is 99.3 Å². The van der Waals surface area contributed by atoms with E-state index >= 15 is 4.79 Å². The monoisotopic (exact) mass is 1530 g/mol. The van der Waals surface area contributed by atoms with E-state index in [0.717, 1.165) is 5.57 Å². The van der Waals surface area contributed by atoms with Crippen molar-refractivity contribution in [2.24, 2.45) is 50.2 Å². The van der Waals surface area contributed by atoms with Crippen molar-refractivity contribution in [3.63, 3.8) is 0 Å². The molecule has 0 aromatic carbocycles. The zero-order valence-electron chi connectivity index (χ0n) is 60.0. The van der Waals surface area contributed by atoms with Crippen LogP contribution >= 0.6 is 0 Å². The second-order valence-electron chi connectivity index (χ2n) is 33.4. The quantitative estimate of drug-likeness (QED) is 0.0306. The number of hydrogen-bond donors (Lipinski definition) is 22. The molecule has 4 saturated carbocycles. The van der Waals surface area contributed by atoms with E-state index in [-0.39, 0.29) is 17.8 Å². The van der Waals surface area contributed by atoms with Gasteiger partial charge in [0.05, 0.1) is 83.2 Å². The number of aliphatic hydroxyl groups excluding tert-OH is 21. The van der Waals surface area contributed by atoms with Gasteiger partial charge in [-0.05, 0) is 104 Å². The number of esters is 1. The molecule has 0 spiro atoms. The van der Waals surface area contributed by atoms with Gasteiger partial charge in [0, 0.05) is 5.41 Å². The van der Waals surface area contributed by atoms with Crippen LogP contribution in [0, 0.1) is 50.2 Å². The first-order chi connectivity index (χ1) is 49.8. The Morgan fingerprint density at radius 3 is 1.63 bits per heavy atom. The topological polar surface area (TPSA) is 591 Å². The van der Waals surface area contributed by atoms with E-state index in [0.29, 0.717) is 51.4 Å². The van der Waals surface area contributed by atoms with Crippen LogP contribution in [0.5, 0.6) is 0 Å². The fourth-order valence-corrected chi connectivity index (χ4v) is 20.1. The van der Waals surface area contributed by atoms with E-state index in [1.165, 1.54) is 6.92 Å². The van der Waals surface area contributed by atoms with Gasteiger partial charge >= 0.3 is 5.97 Å². The Morgan fingerprint density at radius 2 is 1.03 bits per heavy atom. The van der Waals surface area contributed by atoms with Gasteiger partial charge in [-0.15, -0.1) is 0 Å². The van der Waals surface area contributed by atoms with Gasteiger partial charge in [-0.25, -0.2) is 0 Å². The van der Waals surface area contributed by atoms with Crippen molar-refractivity contribution in [1.82, 2.24) is 0 Å². The van der Waals surface area contributed by atoms with Gasteiger partial charge in [-0.3, -0.25) is 4.79 Å². The van der Waals surface area contributed by atoms with Gasteiger partial charge in [0.15, 0.2) is 43.8 Å². The Balaban J connectivity index is 0.716. The van der Waals surface area contributed by atoms with Crippen LogP contribution in [-0.4, -0.2) is 380 Å². The Kier molecular flexibility index (Phi) is 24.8. The molecule has 5 aliphatic carbocycles. The van der Waals surface area contributed by atoms with Crippen LogP contribution in [0.3, 0.4) is 0 Å². The Morgan fingerprint density at radius 1 is 0.491 bits per heavy atom. The number of ether oxygens (including phenoxy) is 14. The molecule has 37 nitrogen and oxygen atoms in total. The van der Waals surface area contributed by atoms with Crippen molar-refractivity contribution in [2.75, 3.05) is 59.5 Å². The lowest BCUT2D eigenvalue weighted by atomic mass is 9.33. The van der Waals surface area contributed by atoms with Crippen LogP contribution in [0.25, 0.3) is 0 Å². The number of fused-ring (bicyclic) bond motifs is 7. The van der Waals surface area contributed by atoms with Crippen molar-refractivity contribution in [1.29, 1.82) is 0 Å². The normalized spacial score (nSPS) is 53.7. The van der Waals surface area contributed by atoms with Gasteiger partial charge in [0.25, 0.3) is 0 Å². The summed E-state index contributed by atoms with van der Waals surface area (Å²) < 4.78 is 81.8. The molecule has 0 aromatic heterocycles. The Hall–Kier alpha value is -2.19. The minimum absolute atomic E-state index is 0.0381. The first-order valence-corrected chi connectivity index (χ1v) is 36.8. The van der Waals surface area contributed by atoms with Crippen LogP contribution in [0.15, 0.2) is 11.6 Å². The summed E-state index contributed by atoms with van der Waals surface area (Å²) in [5.41, 5.74) is -6.24. The number of rotatable bonds is 20. The third-order valence-electron chi connectivity index (χ3n) is 26.8. The largest absolute Gasteiger partial charge is 0.432 e. The summed E-state index contributed by atoms with van der Waals surface area (Å²) in [6, 6.07) is 0. The van der Waals surface area contributed by atoms with Crippen LogP contribution < -0.4 is 0 Å². The zero-order valence-corrected chi connectivity index (χ0v) is 60.0. The predicted octanol–water partition coefficient (Wildman–Crippen LogP) is -8.70. The summed E-state index contributed by atoms with van der Waals surface area (Å²) in [7, 11) is 0. The maximum atomic E-state index is 15.6. The molecule has 12 rings (SSSR count). The van der Waals surface area contributed by atoms with Gasteiger partial charge in [0.1, 0.15) is 134 Å². The highest BCUT2D eigenvalue weighted by molar-refractivity contribution is 5.79. The third kappa shape index (κ3) is 14.3. The number of allylic oxidation sites excluding steroid dienone is 2. The number of carbonyl (C=O) groups excluding carboxylic acids is 1. The Labute approximate surface area is 610 Å². The maximum Gasteiger partial charge on any atom is 0.315 e. The standard InChI is InChI=1S/C69H112O37/c1-26-50(102-57-49(89)51(31(76)19-93-57)103-61-53(90)69(92,24-73)25-97-61)44(84)48(88)58(98-26)104-52-37(77)30(75)18-94-60(52)106-62(91)67-13-11-63(2,3)15-28(67)27-7-8-35-64(4)16-29(74)54(68(22-71,23-72)36(64)9-10-66(35,6)65(27,5)12-14-67)105-59-47(87)43(83)40(80)34(101-59)21-96-56-46(86)42(82)39(79)33(100-56)20-95-55-45(85)41(81)38(78)32(17-70)99-55/h7,26,28-61,70-90,92H,8-25H2,1-6H3/t26-,28-,29-,30-,31+,32+,33+,34+,35+,36+,37-,38+,39+,40+,41-,42-,43-,44-,45+,46+,47+,48+,49+,50-,51-,52+,53-,54-,55+,56+,57-,58-,59-,60-,61-,64+,65+,66+,67-,69+/m0/s1. The molecule has 0 radical (unpaired) electrons. The van der Waals surface area contributed by atoms with Crippen LogP contribution in [-0.2, 0) is 71.1 Å². The van der Waals surface area contributed by atoms with Crippen molar-refractivity contribution < 1.29 is 183 Å². The minimum atomic E-state index is -2.09. The summed E-state index contributed by atoms with van der Waals surface area (Å²) in [6.07, 6.45) is -49.2. The molecular formula is C69H112O37. The molecule has 7 heterocycles. The number of carbonyl (C=O) groups is 1. The summed E-state index contributed by atoms with van der Waals surface area (Å²) in [6.45, 7) is 6.00. The lowest BCUT2D eigenvalue weighted by molar-refractivity contribution is -0.372. The highest BCUT2D eigenvalue weighted by Gasteiger charge is 2.73.